The van der Waals surface area contributed by atoms with Crippen molar-refractivity contribution in [3.05, 3.63) is 34.9 Å². The average molecular weight is 268 g/mol. The summed E-state index contributed by atoms with van der Waals surface area (Å²) >= 11 is 0. The minimum absolute atomic E-state index is 0.0497. The minimum atomic E-state index is -4.80. The molecule has 1 aromatic rings. The molecule has 1 N–H and O–H groups in total. The van der Waals surface area contributed by atoms with Gasteiger partial charge in [0.1, 0.15) is 5.75 Å². The molecule has 0 fully saturated rings. The van der Waals surface area contributed by atoms with Crippen LogP contribution in [0.1, 0.15) is 11.1 Å². The first-order chi connectivity index (χ1) is 8.82. The number of terminal acetylenes is 1. The number of hydrogen-bond donors (Lipinski definition) is 1. The van der Waals surface area contributed by atoms with E-state index in [-0.39, 0.29) is 11.3 Å². The molecule has 0 saturated heterocycles. The second kappa shape index (κ2) is 4.35. The Morgan fingerprint density at radius 2 is 2.11 bits per heavy atom. The number of benzene rings is 1. The number of aliphatic carboxylic acids is 1. The summed E-state index contributed by atoms with van der Waals surface area (Å²) in [6, 6.07) is 4.11. The van der Waals surface area contributed by atoms with Crippen LogP contribution < -0.4 is 4.74 Å². The number of ether oxygens (including phenoxy) is 1. The van der Waals surface area contributed by atoms with Gasteiger partial charge in [-0.05, 0) is 24.3 Å². The van der Waals surface area contributed by atoms with E-state index in [4.69, 9.17) is 16.3 Å². The Morgan fingerprint density at radius 1 is 1.42 bits per heavy atom. The molecule has 0 spiro atoms. The van der Waals surface area contributed by atoms with E-state index in [9.17, 15) is 18.0 Å². The summed E-state index contributed by atoms with van der Waals surface area (Å²) in [6.07, 6.45) is -1.18. The number of alkyl halides is 3. The molecule has 0 radical (unpaired) electrons. The number of halogens is 3. The topological polar surface area (TPSA) is 46.5 Å². The van der Waals surface area contributed by atoms with E-state index in [1.807, 2.05) is 0 Å². The van der Waals surface area contributed by atoms with E-state index in [2.05, 4.69) is 5.92 Å². The molecule has 1 heterocycles. The lowest BCUT2D eigenvalue weighted by Gasteiger charge is -2.27. The van der Waals surface area contributed by atoms with Crippen LogP contribution in [-0.2, 0) is 4.79 Å². The zero-order valence-electron chi connectivity index (χ0n) is 9.36. The Morgan fingerprint density at radius 3 is 2.63 bits per heavy atom. The number of carbonyl (C=O) groups is 1. The molecule has 6 heteroatoms. The number of rotatable bonds is 1. The fourth-order valence-electron chi connectivity index (χ4n) is 1.71. The van der Waals surface area contributed by atoms with Gasteiger partial charge < -0.3 is 9.84 Å². The third kappa shape index (κ3) is 2.40. The Balaban J connectivity index is 2.55. The van der Waals surface area contributed by atoms with Crippen LogP contribution in [0, 0.1) is 12.3 Å². The van der Waals surface area contributed by atoms with Crippen LogP contribution in [-0.4, -0.2) is 23.4 Å². The molecular formula is C13H7F3O3. The van der Waals surface area contributed by atoms with Gasteiger partial charge in [-0.3, -0.25) is 0 Å². The van der Waals surface area contributed by atoms with Gasteiger partial charge in [-0.1, -0.05) is 5.92 Å². The smallest absolute Gasteiger partial charge is 0.430 e. The van der Waals surface area contributed by atoms with Crippen molar-refractivity contribution >= 4 is 12.0 Å². The van der Waals surface area contributed by atoms with Crippen molar-refractivity contribution in [2.75, 3.05) is 0 Å². The summed E-state index contributed by atoms with van der Waals surface area (Å²) in [5, 5.41) is 8.84. The third-order valence-electron chi connectivity index (χ3n) is 2.56. The average Bonchev–Trinajstić information content (AvgIpc) is 2.35. The van der Waals surface area contributed by atoms with E-state index < -0.39 is 23.8 Å². The van der Waals surface area contributed by atoms with E-state index >= 15 is 0 Å². The van der Waals surface area contributed by atoms with Gasteiger partial charge in [-0.25, -0.2) is 4.79 Å². The van der Waals surface area contributed by atoms with E-state index in [1.165, 1.54) is 18.2 Å². The summed E-state index contributed by atoms with van der Waals surface area (Å²) in [7, 11) is 0. The third-order valence-corrected chi connectivity index (χ3v) is 2.56. The highest BCUT2D eigenvalue weighted by atomic mass is 19.4. The van der Waals surface area contributed by atoms with Crippen molar-refractivity contribution in [1.82, 2.24) is 0 Å². The van der Waals surface area contributed by atoms with Gasteiger partial charge in [0.15, 0.2) is 0 Å². The standard InChI is InChI=1S/C13H7F3O3/c1-2-7-3-4-10-8(5-7)6-9(12(17)18)11(19-10)13(14,15)16/h1,3-6,11H,(H,17,18). The van der Waals surface area contributed by atoms with Crippen molar-refractivity contribution in [3.63, 3.8) is 0 Å². The Kier molecular flexibility index (Phi) is 2.98. The largest absolute Gasteiger partial charge is 0.478 e. The molecule has 0 amide bonds. The summed E-state index contributed by atoms with van der Waals surface area (Å²) in [6.45, 7) is 0. The van der Waals surface area contributed by atoms with Gasteiger partial charge in [0.05, 0.1) is 5.57 Å². The second-order valence-corrected chi connectivity index (χ2v) is 3.84. The fraction of sp³-hybridized carbons (Fsp3) is 0.154. The van der Waals surface area contributed by atoms with Crippen LogP contribution in [0.4, 0.5) is 13.2 Å². The van der Waals surface area contributed by atoms with Gasteiger partial charge in [-0.2, -0.15) is 13.2 Å². The van der Waals surface area contributed by atoms with Crippen molar-refractivity contribution in [3.8, 4) is 18.1 Å². The van der Waals surface area contributed by atoms with Gasteiger partial charge in [0, 0.05) is 11.1 Å². The predicted octanol–water partition coefficient (Wildman–Crippen LogP) is 2.46. The van der Waals surface area contributed by atoms with Crippen molar-refractivity contribution in [1.29, 1.82) is 0 Å². The van der Waals surface area contributed by atoms with Crippen LogP contribution in [0.5, 0.6) is 5.75 Å². The lowest BCUT2D eigenvalue weighted by molar-refractivity contribution is -0.187. The SMILES string of the molecule is C#Cc1ccc2c(c1)C=C(C(=O)O)C(C(F)(F)F)O2. The quantitative estimate of drug-likeness (QED) is 0.796. The molecule has 0 aliphatic carbocycles. The number of hydrogen-bond acceptors (Lipinski definition) is 2. The van der Waals surface area contributed by atoms with Crippen LogP contribution >= 0.6 is 0 Å². The lowest BCUT2D eigenvalue weighted by atomic mass is 10.00. The Hall–Kier alpha value is -2.42. The molecule has 1 atom stereocenters. The first-order valence-corrected chi connectivity index (χ1v) is 5.12. The van der Waals surface area contributed by atoms with E-state index in [0.717, 1.165) is 6.08 Å². The number of carboxylic acids is 1. The zero-order chi connectivity index (χ0) is 14.2. The predicted molar refractivity (Wildman–Crippen MR) is 60.5 cm³/mol. The highest BCUT2D eigenvalue weighted by molar-refractivity contribution is 5.95. The maximum Gasteiger partial charge on any atom is 0.430 e. The first kappa shape index (κ1) is 13.0. The molecule has 1 unspecified atom stereocenters. The molecule has 3 nitrogen and oxygen atoms in total. The molecule has 0 saturated carbocycles. The number of fused-ring (bicyclic) bond motifs is 1. The van der Waals surface area contributed by atoms with Crippen molar-refractivity contribution < 1.29 is 27.8 Å². The fourth-order valence-corrected chi connectivity index (χ4v) is 1.71. The first-order valence-electron chi connectivity index (χ1n) is 5.12. The molecule has 1 aliphatic heterocycles. The van der Waals surface area contributed by atoms with Crippen molar-refractivity contribution in [2.24, 2.45) is 0 Å². The Labute approximate surface area is 106 Å². The summed E-state index contributed by atoms with van der Waals surface area (Å²) in [4.78, 5) is 10.9. The van der Waals surface area contributed by atoms with Crippen LogP contribution in [0.25, 0.3) is 6.08 Å². The van der Waals surface area contributed by atoms with E-state index in [0.29, 0.717) is 5.56 Å². The monoisotopic (exact) mass is 268 g/mol. The molecule has 98 valence electrons. The maximum absolute atomic E-state index is 12.7. The number of carboxylic acid groups (broad SMARTS) is 1. The molecule has 1 aromatic carbocycles. The summed E-state index contributed by atoms with van der Waals surface area (Å²) in [5.41, 5.74) is -0.226. The molecule has 1 aliphatic rings. The van der Waals surface area contributed by atoms with Gasteiger partial charge in [-0.15, -0.1) is 6.42 Å². The minimum Gasteiger partial charge on any atom is -0.478 e. The molecule has 0 bridgehead atoms. The van der Waals surface area contributed by atoms with Crippen LogP contribution in [0.2, 0.25) is 0 Å². The lowest BCUT2D eigenvalue weighted by Crippen LogP contribution is -2.40. The normalized spacial score (nSPS) is 17.8. The molecule has 0 aromatic heterocycles. The molecule has 2 rings (SSSR count). The van der Waals surface area contributed by atoms with Crippen LogP contribution in [0.15, 0.2) is 23.8 Å². The van der Waals surface area contributed by atoms with Crippen LogP contribution in [0.3, 0.4) is 0 Å². The van der Waals surface area contributed by atoms with Gasteiger partial charge in [0.25, 0.3) is 0 Å². The molecular weight excluding hydrogens is 261 g/mol. The Bertz CT molecular complexity index is 609. The highest BCUT2D eigenvalue weighted by Gasteiger charge is 2.48. The van der Waals surface area contributed by atoms with E-state index in [1.54, 1.807) is 0 Å². The second-order valence-electron chi connectivity index (χ2n) is 3.84. The summed E-state index contributed by atoms with van der Waals surface area (Å²) in [5.74, 6) is 0.577. The summed E-state index contributed by atoms with van der Waals surface area (Å²) < 4.78 is 42.9. The van der Waals surface area contributed by atoms with Crippen molar-refractivity contribution in [2.45, 2.75) is 12.3 Å². The molecule has 19 heavy (non-hydrogen) atoms. The maximum atomic E-state index is 12.7. The van der Waals surface area contributed by atoms with Gasteiger partial charge in [0.2, 0.25) is 6.10 Å². The highest BCUT2D eigenvalue weighted by Crippen LogP contribution is 2.37. The van der Waals surface area contributed by atoms with Gasteiger partial charge >= 0.3 is 12.1 Å². The zero-order valence-corrected chi connectivity index (χ0v) is 9.36.